The SMILES string of the molecule is CCCCCCCC/C=C\CCCCCCCC(C)(CCCCCCCCCCCCCCCC)NCCC(C(CCCCCC/C=C\CCCCCCCC)CCCCCCCCCCCCCCCC)N1C=NCC1. The van der Waals surface area contributed by atoms with Crippen LogP contribution >= 0.6 is 0 Å². The van der Waals surface area contributed by atoms with Crippen molar-refractivity contribution < 1.29 is 0 Å². The summed E-state index contributed by atoms with van der Waals surface area (Å²) in [6, 6.07) is 0.630. The Morgan fingerprint density at radius 3 is 0.922 bits per heavy atom. The Kier molecular flexibility index (Phi) is 58.6. The predicted octanol–water partition coefficient (Wildman–Crippen LogP) is 25.5. The van der Waals surface area contributed by atoms with Gasteiger partial charge in [0.15, 0.2) is 0 Å². The molecule has 3 heteroatoms. The maximum absolute atomic E-state index is 4.85. The highest BCUT2D eigenvalue weighted by Gasteiger charge is 2.29. The zero-order valence-electron chi connectivity index (χ0n) is 54.1. The van der Waals surface area contributed by atoms with E-state index < -0.39 is 0 Å². The van der Waals surface area contributed by atoms with Crippen molar-refractivity contribution in [2.45, 2.75) is 419 Å². The Hall–Kier alpha value is -1.09. The van der Waals surface area contributed by atoms with E-state index in [0.717, 1.165) is 25.6 Å². The molecule has 456 valence electrons. The minimum atomic E-state index is 0.257. The highest BCUT2D eigenvalue weighted by molar-refractivity contribution is 5.57. The molecular formula is C74H145N3. The Bertz CT molecular complexity index is 1210. The lowest BCUT2D eigenvalue weighted by molar-refractivity contribution is 0.191. The van der Waals surface area contributed by atoms with E-state index in [2.05, 4.69) is 75.5 Å². The highest BCUT2D eigenvalue weighted by atomic mass is 15.2. The summed E-state index contributed by atoms with van der Waals surface area (Å²) < 4.78 is 0. The first-order valence-corrected chi connectivity index (χ1v) is 36.4. The van der Waals surface area contributed by atoms with Crippen LogP contribution in [0.4, 0.5) is 0 Å². The minimum Gasteiger partial charge on any atom is -0.358 e. The van der Waals surface area contributed by atoms with Crippen LogP contribution in [-0.2, 0) is 0 Å². The van der Waals surface area contributed by atoms with Crippen LogP contribution in [-0.4, -0.2) is 42.5 Å². The molecule has 1 aliphatic heterocycles. The number of hydrogen-bond acceptors (Lipinski definition) is 3. The average molecular weight is 1080 g/mol. The lowest BCUT2D eigenvalue weighted by atomic mass is 9.84. The van der Waals surface area contributed by atoms with Crippen LogP contribution in [0.3, 0.4) is 0 Å². The van der Waals surface area contributed by atoms with Gasteiger partial charge in [-0.25, -0.2) is 0 Å². The van der Waals surface area contributed by atoms with E-state index in [9.17, 15) is 0 Å². The maximum Gasteiger partial charge on any atom is 0.0853 e. The van der Waals surface area contributed by atoms with Gasteiger partial charge >= 0.3 is 0 Å². The molecule has 0 amide bonds. The second-order valence-electron chi connectivity index (χ2n) is 25.9. The molecule has 3 atom stereocenters. The van der Waals surface area contributed by atoms with Crippen LogP contribution in [0.5, 0.6) is 0 Å². The van der Waals surface area contributed by atoms with Gasteiger partial charge in [-0.2, -0.15) is 0 Å². The standard InChI is InChI=1S/C74H145N3/c1-6-10-14-18-22-26-30-34-38-42-46-50-54-58-62-67-74(5,66-61-57-53-49-45-41-37-33-29-25-21-17-13-9-4)76-68-65-73(77-70-69-75-71-77)72(63-59-55-51-47-43-39-35-31-27-23-19-15-11-7-2)64-60-56-52-48-44-40-36-32-28-24-20-16-12-8-3/h34-35,38-39,71-73,76H,6-33,36-37,40-70H2,1-5H3/b38-34-,39-35-. The van der Waals surface area contributed by atoms with E-state index in [4.69, 9.17) is 4.99 Å². The molecule has 0 aromatic heterocycles. The number of allylic oxidation sites excluding steroid dienone is 4. The van der Waals surface area contributed by atoms with Crippen molar-refractivity contribution >= 4 is 6.34 Å². The fourth-order valence-electron chi connectivity index (χ4n) is 12.9. The molecule has 1 aliphatic rings. The van der Waals surface area contributed by atoms with E-state index in [1.807, 2.05) is 0 Å². The van der Waals surface area contributed by atoms with Crippen molar-refractivity contribution in [3.8, 4) is 0 Å². The second kappa shape index (κ2) is 61.0. The Balaban J connectivity index is 2.79. The zero-order valence-corrected chi connectivity index (χ0v) is 54.1. The average Bonchev–Trinajstić information content (AvgIpc) is 3.98. The molecular weight excluding hydrogens is 931 g/mol. The van der Waals surface area contributed by atoms with Gasteiger partial charge < -0.3 is 10.2 Å². The van der Waals surface area contributed by atoms with Gasteiger partial charge in [-0.05, 0) is 103 Å². The van der Waals surface area contributed by atoms with Gasteiger partial charge in [0.05, 0.1) is 12.9 Å². The van der Waals surface area contributed by atoms with Crippen LogP contribution in [0.25, 0.3) is 0 Å². The maximum atomic E-state index is 4.85. The van der Waals surface area contributed by atoms with E-state index in [1.54, 1.807) is 0 Å². The molecule has 0 bridgehead atoms. The number of rotatable bonds is 65. The molecule has 1 N–H and O–H groups in total. The molecule has 0 radical (unpaired) electrons. The third-order valence-electron chi connectivity index (χ3n) is 18.3. The van der Waals surface area contributed by atoms with Crippen molar-refractivity contribution in [3.05, 3.63) is 24.3 Å². The van der Waals surface area contributed by atoms with Crippen LogP contribution < -0.4 is 5.32 Å². The summed E-state index contributed by atoms with van der Waals surface area (Å²) in [5, 5.41) is 4.35. The first-order valence-electron chi connectivity index (χ1n) is 36.4. The van der Waals surface area contributed by atoms with E-state index in [-0.39, 0.29) is 5.54 Å². The van der Waals surface area contributed by atoms with E-state index in [1.165, 1.54) is 372 Å². The molecule has 3 unspecified atom stereocenters. The molecule has 1 heterocycles. The third kappa shape index (κ3) is 51.5. The lowest BCUT2D eigenvalue weighted by Crippen LogP contribution is -2.46. The van der Waals surface area contributed by atoms with Gasteiger partial charge in [-0.3, -0.25) is 4.99 Å². The molecule has 0 spiro atoms. The summed E-state index contributed by atoms with van der Waals surface area (Å²) in [4.78, 5) is 7.57. The first-order chi connectivity index (χ1) is 38.1. The molecule has 3 nitrogen and oxygen atoms in total. The largest absolute Gasteiger partial charge is 0.358 e. The van der Waals surface area contributed by atoms with Gasteiger partial charge in [0.1, 0.15) is 0 Å². The van der Waals surface area contributed by atoms with Crippen LogP contribution in [0, 0.1) is 5.92 Å². The van der Waals surface area contributed by atoms with Crippen molar-refractivity contribution in [3.63, 3.8) is 0 Å². The third-order valence-corrected chi connectivity index (χ3v) is 18.3. The number of unbranched alkanes of at least 4 members (excludes halogenated alkanes) is 47. The molecule has 0 aliphatic carbocycles. The van der Waals surface area contributed by atoms with E-state index >= 15 is 0 Å². The molecule has 0 saturated heterocycles. The zero-order chi connectivity index (χ0) is 55.3. The van der Waals surface area contributed by atoms with Gasteiger partial charge in [-0.1, -0.05) is 341 Å². The summed E-state index contributed by atoms with van der Waals surface area (Å²) in [5.74, 6) is 0.790. The fraction of sp³-hybridized carbons (Fsp3) is 0.932. The van der Waals surface area contributed by atoms with Gasteiger partial charge in [0.2, 0.25) is 0 Å². The minimum absolute atomic E-state index is 0.257. The quantitative estimate of drug-likeness (QED) is 0.0486. The summed E-state index contributed by atoms with van der Waals surface area (Å²) in [6.07, 6.45) is 94.1. The fourth-order valence-corrected chi connectivity index (χ4v) is 12.9. The Morgan fingerprint density at radius 2 is 0.636 bits per heavy atom. The molecule has 0 aromatic rings. The topological polar surface area (TPSA) is 27.6 Å². The van der Waals surface area contributed by atoms with Crippen LogP contribution in [0.1, 0.15) is 407 Å². The van der Waals surface area contributed by atoms with Crippen molar-refractivity contribution in [2.75, 3.05) is 19.6 Å². The number of nitrogens with zero attached hydrogens (tertiary/aromatic N) is 2. The Morgan fingerprint density at radius 1 is 0.364 bits per heavy atom. The van der Waals surface area contributed by atoms with Crippen LogP contribution in [0.2, 0.25) is 0 Å². The normalized spacial score (nSPS) is 14.5. The molecule has 0 aromatic carbocycles. The molecule has 0 saturated carbocycles. The lowest BCUT2D eigenvalue weighted by Gasteiger charge is -2.37. The molecule has 77 heavy (non-hydrogen) atoms. The second-order valence-corrected chi connectivity index (χ2v) is 25.9. The van der Waals surface area contributed by atoms with Gasteiger partial charge in [-0.15, -0.1) is 0 Å². The number of aliphatic imine (C=N–C) groups is 1. The monoisotopic (exact) mass is 1080 g/mol. The molecule has 1 rings (SSSR count). The number of nitrogens with one attached hydrogen (secondary N) is 1. The van der Waals surface area contributed by atoms with Crippen LogP contribution in [0.15, 0.2) is 29.3 Å². The Labute approximate surface area is 487 Å². The summed E-state index contributed by atoms with van der Waals surface area (Å²) in [6.45, 7) is 15.2. The van der Waals surface area contributed by atoms with Crippen molar-refractivity contribution in [1.82, 2.24) is 10.2 Å². The first kappa shape index (κ1) is 73.9. The smallest absolute Gasteiger partial charge is 0.0853 e. The summed E-state index contributed by atoms with van der Waals surface area (Å²) in [7, 11) is 0. The number of hydrogen-bond donors (Lipinski definition) is 1. The van der Waals surface area contributed by atoms with E-state index in [0.29, 0.717) is 6.04 Å². The molecule has 0 fully saturated rings. The summed E-state index contributed by atoms with van der Waals surface area (Å²) >= 11 is 0. The van der Waals surface area contributed by atoms with Crippen molar-refractivity contribution in [1.29, 1.82) is 0 Å². The highest BCUT2D eigenvalue weighted by Crippen LogP contribution is 2.30. The van der Waals surface area contributed by atoms with Gasteiger partial charge in [0.25, 0.3) is 0 Å². The van der Waals surface area contributed by atoms with Crippen molar-refractivity contribution in [2.24, 2.45) is 10.9 Å². The van der Waals surface area contributed by atoms with Gasteiger partial charge in [0, 0.05) is 18.1 Å². The summed E-state index contributed by atoms with van der Waals surface area (Å²) in [5.41, 5.74) is 0.257. The predicted molar refractivity (Wildman–Crippen MR) is 353 cm³/mol.